The first kappa shape index (κ1) is 22.8. The maximum atomic E-state index is 12.9. The van der Waals surface area contributed by atoms with Gasteiger partial charge in [0.05, 0.1) is 5.02 Å². The fourth-order valence-electron chi connectivity index (χ4n) is 3.21. The van der Waals surface area contributed by atoms with Crippen molar-refractivity contribution < 1.29 is 13.2 Å². The SMILES string of the molecule is Cc1ccc(NS(=O)(=O)c2cc(C(=O)NC(C)(C)Cc3ccccc3)ccc2Cl)cc1. The van der Waals surface area contributed by atoms with E-state index in [-0.39, 0.29) is 21.4 Å². The van der Waals surface area contributed by atoms with Crippen LogP contribution in [0.4, 0.5) is 5.69 Å². The van der Waals surface area contributed by atoms with Crippen molar-refractivity contribution in [1.82, 2.24) is 5.32 Å². The highest BCUT2D eigenvalue weighted by molar-refractivity contribution is 7.92. The van der Waals surface area contributed by atoms with E-state index in [1.54, 1.807) is 24.3 Å². The topological polar surface area (TPSA) is 75.3 Å². The van der Waals surface area contributed by atoms with Crippen molar-refractivity contribution in [2.45, 2.75) is 37.6 Å². The molecule has 0 aromatic heterocycles. The summed E-state index contributed by atoms with van der Waals surface area (Å²) in [6.07, 6.45) is 0.632. The summed E-state index contributed by atoms with van der Waals surface area (Å²) in [7, 11) is -3.97. The Labute approximate surface area is 188 Å². The van der Waals surface area contributed by atoms with Crippen LogP contribution in [0.1, 0.15) is 35.3 Å². The molecule has 0 fully saturated rings. The number of hydrogen-bond donors (Lipinski definition) is 2. The fraction of sp³-hybridized carbons (Fsp3) is 0.208. The van der Waals surface area contributed by atoms with Crippen molar-refractivity contribution in [1.29, 1.82) is 0 Å². The Hall–Kier alpha value is -2.83. The second-order valence-electron chi connectivity index (χ2n) is 8.12. The predicted molar refractivity (Wildman–Crippen MR) is 125 cm³/mol. The fourth-order valence-corrected chi connectivity index (χ4v) is 4.80. The van der Waals surface area contributed by atoms with Crippen molar-refractivity contribution >= 4 is 33.2 Å². The monoisotopic (exact) mass is 456 g/mol. The molecule has 0 spiro atoms. The molecule has 3 aromatic rings. The minimum absolute atomic E-state index is 0.0414. The molecule has 0 saturated carbocycles. The molecule has 1 amide bonds. The van der Waals surface area contributed by atoms with E-state index in [4.69, 9.17) is 11.6 Å². The molecule has 162 valence electrons. The number of anilines is 1. The van der Waals surface area contributed by atoms with Crippen LogP contribution in [0.15, 0.2) is 77.7 Å². The molecule has 3 aromatic carbocycles. The molecular formula is C24H25ClN2O3S. The third-order valence-corrected chi connectivity index (χ3v) is 6.59. The standard InChI is InChI=1S/C24H25ClN2O3S/c1-17-9-12-20(13-10-17)27-31(29,30)22-15-19(11-14-21(22)25)23(28)26-24(2,3)16-18-7-5-4-6-8-18/h4-15,27H,16H2,1-3H3,(H,26,28). The van der Waals surface area contributed by atoms with Gasteiger partial charge in [0.15, 0.2) is 0 Å². The van der Waals surface area contributed by atoms with Crippen LogP contribution in [-0.4, -0.2) is 19.9 Å². The van der Waals surface area contributed by atoms with Gasteiger partial charge < -0.3 is 5.32 Å². The molecule has 0 bridgehead atoms. The largest absolute Gasteiger partial charge is 0.347 e. The van der Waals surface area contributed by atoms with Gasteiger partial charge in [0, 0.05) is 16.8 Å². The average molecular weight is 457 g/mol. The van der Waals surface area contributed by atoms with Crippen LogP contribution >= 0.6 is 11.6 Å². The van der Waals surface area contributed by atoms with Crippen LogP contribution in [0.3, 0.4) is 0 Å². The second kappa shape index (κ2) is 9.12. The Balaban J connectivity index is 1.81. The molecule has 0 unspecified atom stereocenters. The third kappa shape index (κ3) is 6.09. The number of nitrogens with one attached hydrogen (secondary N) is 2. The van der Waals surface area contributed by atoms with Gasteiger partial charge in [-0.05, 0) is 63.1 Å². The second-order valence-corrected chi connectivity index (χ2v) is 10.2. The molecule has 0 aliphatic rings. The van der Waals surface area contributed by atoms with Gasteiger partial charge in [-0.25, -0.2) is 8.42 Å². The molecule has 0 saturated heterocycles. The van der Waals surface area contributed by atoms with Gasteiger partial charge in [-0.3, -0.25) is 9.52 Å². The lowest BCUT2D eigenvalue weighted by molar-refractivity contribution is 0.0913. The summed E-state index contributed by atoms with van der Waals surface area (Å²) < 4.78 is 28.3. The Bertz CT molecular complexity index is 1180. The normalized spacial score (nSPS) is 11.7. The average Bonchev–Trinajstić information content (AvgIpc) is 2.69. The summed E-state index contributed by atoms with van der Waals surface area (Å²) in [5.74, 6) is -0.371. The zero-order chi connectivity index (χ0) is 22.6. The maximum absolute atomic E-state index is 12.9. The maximum Gasteiger partial charge on any atom is 0.263 e. The minimum atomic E-state index is -3.97. The number of rotatable bonds is 7. The van der Waals surface area contributed by atoms with Gasteiger partial charge in [0.1, 0.15) is 4.90 Å². The van der Waals surface area contributed by atoms with E-state index >= 15 is 0 Å². The molecular weight excluding hydrogens is 432 g/mol. The van der Waals surface area contributed by atoms with Gasteiger partial charge in [0.25, 0.3) is 15.9 Å². The number of carbonyl (C=O) groups is 1. The first-order valence-corrected chi connectivity index (χ1v) is 11.7. The van der Waals surface area contributed by atoms with Gasteiger partial charge in [0.2, 0.25) is 0 Å². The van der Waals surface area contributed by atoms with E-state index in [1.807, 2.05) is 51.1 Å². The number of amides is 1. The van der Waals surface area contributed by atoms with Crippen LogP contribution in [0.2, 0.25) is 5.02 Å². The van der Waals surface area contributed by atoms with Crippen molar-refractivity contribution in [2.24, 2.45) is 0 Å². The number of carbonyl (C=O) groups excluding carboxylic acids is 1. The summed E-state index contributed by atoms with van der Waals surface area (Å²) in [5, 5.41) is 3.02. The lowest BCUT2D eigenvalue weighted by atomic mass is 9.94. The number of aryl methyl sites for hydroxylation is 1. The summed E-state index contributed by atoms with van der Waals surface area (Å²) in [4.78, 5) is 12.7. The molecule has 7 heteroatoms. The van der Waals surface area contributed by atoms with Crippen molar-refractivity contribution in [3.8, 4) is 0 Å². The number of sulfonamides is 1. The van der Waals surface area contributed by atoms with Gasteiger partial charge >= 0.3 is 0 Å². The van der Waals surface area contributed by atoms with Crippen molar-refractivity contribution in [3.63, 3.8) is 0 Å². The molecule has 3 rings (SSSR count). The highest BCUT2D eigenvalue weighted by Gasteiger charge is 2.24. The summed E-state index contributed by atoms with van der Waals surface area (Å²) in [5.41, 5.74) is 2.21. The van der Waals surface area contributed by atoms with Crippen molar-refractivity contribution in [2.75, 3.05) is 4.72 Å². The van der Waals surface area contributed by atoms with E-state index < -0.39 is 15.6 Å². The van der Waals surface area contributed by atoms with E-state index in [2.05, 4.69) is 10.0 Å². The lowest BCUT2D eigenvalue weighted by Gasteiger charge is -2.26. The summed E-state index contributed by atoms with van der Waals surface area (Å²) >= 11 is 6.17. The van der Waals surface area contributed by atoms with Gasteiger partial charge in [-0.2, -0.15) is 0 Å². The molecule has 0 heterocycles. The molecule has 2 N–H and O–H groups in total. The first-order chi connectivity index (χ1) is 14.6. The van der Waals surface area contributed by atoms with E-state index in [9.17, 15) is 13.2 Å². The first-order valence-electron chi connectivity index (χ1n) is 9.81. The lowest BCUT2D eigenvalue weighted by Crippen LogP contribution is -2.45. The highest BCUT2D eigenvalue weighted by Crippen LogP contribution is 2.26. The summed E-state index contributed by atoms with van der Waals surface area (Å²) in [6, 6.07) is 21.0. The predicted octanol–water partition coefficient (Wildman–Crippen LogP) is 5.20. The Kier molecular flexibility index (Phi) is 6.72. The van der Waals surface area contributed by atoms with Gasteiger partial charge in [-0.1, -0.05) is 59.6 Å². The molecule has 5 nitrogen and oxygen atoms in total. The summed E-state index contributed by atoms with van der Waals surface area (Å²) in [6.45, 7) is 5.76. The molecule has 0 aliphatic heterocycles. The van der Waals surface area contributed by atoms with Crippen LogP contribution in [0.5, 0.6) is 0 Å². The highest BCUT2D eigenvalue weighted by atomic mass is 35.5. The number of benzene rings is 3. The Morgan fingerprint density at radius 1 is 0.968 bits per heavy atom. The zero-order valence-corrected chi connectivity index (χ0v) is 19.2. The molecule has 0 radical (unpaired) electrons. The van der Waals surface area contributed by atoms with Crippen LogP contribution in [0, 0.1) is 6.92 Å². The van der Waals surface area contributed by atoms with Gasteiger partial charge in [-0.15, -0.1) is 0 Å². The Morgan fingerprint density at radius 2 is 1.61 bits per heavy atom. The van der Waals surface area contributed by atoms with E-state index in [1.165, 1.54) is 18.2 Å². The quantitative estimate of drug-likeness (QED) is 0.513. The van der Waals surface area contributed by atoms with Crippen LogP contribution in [-0.2, 0) is 16.4 Å². The minimum Gasteiger partial charge on any atom is -0.347 e. The van der Waals surface area contributed by atoms with E-state index in [0.29, 0.717) is 12.1 Å². The van der Waals surface area contributed by atoms with Crippen LogP contribution in [0.25, 0.3) is 0 Å². The smallest absolute Gasteiger partial charge is 0.263 e. The number of hydrogen-bond acceptors (Lipinski definition) is 3. The van der Waals surface area contributed by atoms with Crippen molar-refractivity contribution in [3.05, 3.63) is 94.5 Å². The van der Waals surface area contributed by atoms with Crippen LogP contribution < -0.4 is 10.0 Å². The van der Waals surface area contributed by atoms with E-state index in [0.717, 1.165) is 11.1 Å². The number of halogens is 1. The zero-order valence-electron chi connectivity index (χ0n) is 17.6. The third-order valence-electron chi connectivity index (χ3n) is 4.73. The molecule has 0 aliphatic carbocycles. The molecule has 31 heavy (non-hydrogen) atoms. The Morgan fingerprint density at radius 3 is 2.26 bits per heavy atom. The molecule has 0 atom stereocenters.